The van der Waals surface area contributed by atoms with Crippen molar-refractivity contribution in [1.82, 2.24) is 4.90 Å². The van der Waals surface area contributed by atoms with E-state index in [0.29, 0.717) is 19.1 Å². The number of para-hydroxylation sites is 1. The van der Waals surface area contributed by atoms with E-state index in [4.69, 9.17) is 0 Å². The highest BCUT2D eigenvalue weighted by Crippen LogP contribution is 2.25. The van der Waals surface area contributed by atoms with Crippen molar-refractivity contribution in [3.8, 4) is 0 Å². The van der Waals surface area contributed by atoms with E-state index >= 15 is 0 Å². The monoisotopic (exact) mass is 306 g/mol. The molecule has 0 saturated carbocycles. The molecule has 0 bridgehead atoms. The Balaban J connectivity index is 2.82. The molecule has 0 fully saturated rings. The van der Waals surface area contributed by atoms with Gasteiger partial charge < -0.3 is 10.2 Å². The zero-order valence-electron chi connectivity index (χ0n) is 11.8. The lowest BCUT2D eigenvalue weighted by Gasteiger charge is -2.21. The van der Waals surface area contributed by atoms with Crippen LogP contribution in [0, 0.1) is 0 Å². The summed E-state index contributed by atoms with van der Waals surface area (Å²) in [6.07, 6.45) is 0. The third-order valence-electron chi connectivity index (χ3n) is 3.09. The van der Waals surface area contributed by atoms with Crippen LogP contribution in [0.15, 0.2) is 29.2 Å². The highest BCUT2D eigenvalue weighted by atomic mass is 32.2. The molecule has 0 atom stereocenters. The van der Waals surface area contributed by atoms with E-state index in [-0.39, 0.29) is 10.6 Å². The predicted octanol–water partition coefficient (Wildman–Crippen LogP) is 2.44. The Morgan fingerprint density at radius 3 is 2.40 bits per heavy atom. The number of nitrogens with one attached hydrogen (secondary N) is 1. The van der Waals surface area contributed by atoms with E-state index < -0.39 is 15.6 Å². The molecule has 0 aromatic heterocycles. The molecule has 1 rings (SSSR count). The lowest BCUT2D eigenvalue weighted by atomic mass is 10.3. The van der Waals surface area contributed by atoms with Gasteiger partial charge in [0.1, 0.15) is 0 Å². The fraction of sp³-hybridized carbons (Fsp3) is 0.538. The molecular weight excluding hydrogens is 286 g/mol. The van der Waals surface area contributed by atoms with Gasteiger partial charge in [-0.25, -0.2) is 8.42 Å². The molecule has 0 heterocycles. The summed E-state index contributed by atoms with van der Waals surface area (Å²) < 4.78 is 48.3. The number of nitrogens with zero attached hydrogens (tertiary/aromatic N) is 1. The van der Waals surface area contributed by atoms with Crippen LogP contribution in [0.3, 0.4) is 0 Å². The predicted molar refractivity (Wildman–Crippen MR) is 75.9 cm³/mol. The van der Waals surface area contributed by atoms with Gasteiger partial charge in [0.2, 0.25) is 9.84 Å². The second kappa shape index (κ2) is 6.99. The van der Waals surface area contributed by atoms with Crippen molar-refractivity contribution >= 4 is 15.5 Å². The summed E-state index contributed by atoms with van der Waals surface area (Å²) in [5, 5.41) is 2.91. The number of sulfone groups is 1. The van der Waals surface area contributed by atoms with E-state index in [1.54, 1.807) is 6.07 Å². The molecule has 0 spiro atoms. The first kappa shape index (κ1) is 16.8. The van der Waals surface area contributed by atoms with Crippen molar-refractivity contribution in [2.24, 2.45) is 0 Å². The smallest absolute Gasteiger partial charge is 0.341 e. The van der Waals surface area contributed by atoms with Crippen molar-refractivity contribution in [1.29, 1.82) is 0 Å². The van der Waals surface area contributed by atoms with Gasteiger partial charge in [-0.3, -0.25) is 0 Å². The van der Waals surface area contributed by atoms with Crippen LogP contribution in [0.25, 0.3) is 0 Å². The van der Waals surface area contributed by atoms with Gasteiger partial charge in [-0.1, -0.05) is 12.1 Å². The molecule has 114 valence electrons. The molecule has 0 radical (unpaired) electrons. The average Bonchev–Trinajstić information content (AvgIpc) is 2.38. The van der Waals surface area contributed by atoms with Crippen LogP contribution >= 0.6 is 0 Å². The Kier molecular flexibility index (Phi) is 5.88. The van der Waals surface area contributed by atoms with Crippen LogP contribution in [0.2, 0.25) is 0 Å². The van der Waals surface area contributed by atoms with Crippen LogP contribution < -0.4 is 5.32 Å². The third kappa shape index (κ3) is 4.14. The number of benzene rings is 1. The van der Waals surface area contributed by atoms with E-state index in [1.807, 2.05) is 20.9 Å². The van der Waals surface area contributed by atoms with Gasteiger partial charge in [0.05, 0.1) is 10.6 Å². The number of alkyl halides is 2. The molecule has 20 heavy (non-hydrogen) atoms. The summed E-state index contributed by atoms with van der Waals surface area (Å²) in [6, 6.07) is 6.08. The third-order valence-corrected chi connectivity index (χ3v) is 4.53. The number of hydrogen-bond acceptors (Lipinski definition) is 4. The zero-order valence-corrected chi connectivity index (χ0v) is 12.6. The Labute approximate surface area is 118 Å². The summed E-state index contributed by atoms with van der Waals surface area (Å²) in [4.78, 5) is 1.71. The molecule has 0 aliphatic rings. The van der Waals surface area contributed by atoms with E-state index in [0.717, 1.165) is 0 Å². The van der Waals surface area contributed by atoms with Gasteiger partial charge in [-0.05, 0) is 33.0 Å². The van der Waals surface area contributed by atoms with Crippen LogP contribution in [0.5, 0.6) is 0 Å². The maximum absolute atomic E-state index is 12.6. The number of likely N-dealkylation sites (N-methyl/N-ethyl adjacent to an activating group) is 1. The molecule has 4 nitrogen and oxygen atoms in total. The molecule has 1 N–H and O–H groups in total. The lowest BCUT2D eigenvalue weighted by molar-refractivity contribution is 0.235. The average molecular weight is 306 g/mol. The molecule has 0 unspecified atom stereocenters. The zero-order chi connectivity index (χ0) is 15.3. The SMILES string of the molecule is CC(C)N(C)CCNc1ccccc1S(=O)(=O)C(F)F. The minimum absolute atomic E-state index is 0.213. The first-order valence-corrected chi connectivity index (χ1v) is 7.86. The molecule has 0 aliphatic heterocycles. The summed E-state index contributed by atoms with van der Waals surface area (Å²) in [5.74, 6) is -3.41. The number of anilines is 1. The fourth-order valence-electron chi connectivity index (χ4n) is 1.58. The van der Waals surface area contributed by atoms with Gasteiger partial charge in [-0.2, -0.15) is 8.78 Å². The molecular formula is C13H20F2N2O2S. The largest absolute Gasteiger partial charge is 0.383 e. The Morgan fingerprint density at radius 2 is 1.85 bits per heavy atom. The first-order valence-electron chi connectivity index (χ1n) is 6.32. The molecule has 7 heteroatoms. The molecule has 0 amide bonds. The second-order valence-corrected chi connectivity index (χ2v) is 6.69. The Hall–Kier alpha value is -1.21. The van der Waals surface area contributed by atoms with Crippen molar-refractivity contribution in [2.45, 2.75) is 30.5 Å². The Morgan fingerprint density at radius 1 is 1.25 bits per heavy atom. The van der Waals surface area contributed by atoms with Crippen LogP contribution in [-0.4, -0.2) is 45.3 Å². The van der Waals surface area contributed by atoms with Crippen molar-refractivity contribution in [3.05, 3.63) is 24.3 Å². The van der Waals surface area contributed by atoms with Gasteiger partial charge >= 0.3 is 5.76 Å². The highest BCUT2D eigenvalue weighted by molar-refractivity contribution is 7.91. The minimum Gasteiger partial charge on any atom is -0.383 e. The molecule has 0 saturated heterocycles. The summed E-state index contributed by atoms with van der Waals surface area (Å²) in [5.41, 5.74) is 0.213. The van der Waals surface area contributed by atoms with Crippen molar-refractivity contribution < 1.29 is 17.2 Å². The van der Waals surface area contributed by atoms with Gasteiger partial charge in [-0.15, -0.1) is 0 Å². The van der Waals surface area contributed by atoms with E-state index in [9.17, 15) is 17.2 Å². The van der Waals surface area contributed by atoms with Crippen LogP contribution in [0.1, 0.15) is 13.8 Å². The van der Waals surface area contributed by atoms with Crippen molar-refractivity contribution in [3.63, 3.8) is 0 Å². The first-order chi connectivity index (χ1) is 9.26. The number of hydrogen-bond donors (Lipinski definition) is 1. The lowest BCUT2D eigenvalue weighted by Crippen LogP contribution is -2.31. The minimum atomic E-state index is -4.58. The Bertz CT molecular complexity index is 533. The molecule has 1 aromatic carbocycles. The standard InChI is InChI=1S/C13H20F2N2O2S/c1-10(2)17(3)9-8-16-11-6-4-5-7-12(11)20(18,19)13(14)15/h4-7,10,13,16H,8-9H2,1-3H3. The number of rotatable bonds is 7. The second-order valence-electron chi connectivity index (χ2n) is 4.80. The van der Waals surface area contributed by atoms with Gasteiger partial charge in [0.25, 0.3) is 0 Å². The maximum Gasteiger partial charge on any atom is 0.341 e. The van der Waals surface area contributed by atoms with Gasteiger partial charge in [0.15, 0.2) is 0 Å². The molecule has 0 aliphatic carbocycles. The van der Waals surface area contributed by atoms with Gasteiger partial charge in [0, 0.05) is 19.1 Å². The van der Waals surface area contributed by atoms with Crippen molar-refractivity contribution in [2.75, 3.05) is 25.5 Å². The normalized spacial score (nSPS) is 12.4. The molecule has 1 aromatic rings. The van der Waals surface area contributed by atoms with Crippen LogP contribution in [-0.2, 0) is 9.84 Å². The number of halogens is 2. The van der Waals surface area contributed by atoms with E-state index in [1.165, 1.54) is 18.2 Å². The maximum atomic E-state index is 12.6. The summed E-state index contributed by atoms with van der Waals surface area (Å²) in [7, 11) is -2.65. The van der Waals surface area contributed by atoms with Crippen LogP contribution in [0.4, 0.5) is 14.5 Å². The topological polar surface area (TPSA) is 49.4 Å². The summed E-state index contributed by atoms with van der Waals surface area (Å²) >= 11 is 0. The van der Waals surface area contributed by atoms with E-state index in [2.05, 4.69) is 10.2 Å². The highest BCUT2D eigenvalue weighted by Gasteiger charge is 2.28. The quantitative estimate of drug-likeness (QED) is 0.840. The summed E-state index contributed by atoms with van der Waals surface area (Å²) in [6.45, 7) is 5.23. The fourth-order valence-corrected chi connectivity index (χ4v) is 2.49.